The van der Waals surface area contributed by atoms with Crippen LogP contribution in [0.2, 0.25) is 0 Å². The number of aromatic nitrogens is 2. The van der Waals surface area contributed by atoms with Gasteiger partial charge < -0.3 is 4.74 Å². The molecule has 1 heterocycles. The van der Waals surface area contributed by atoms with Gasteiger partial charge in [0.05, 0.1) is 23.3 Å². The van der Waals surface area contributed by atoms with Gasteiger partial charge in [0.1, 0.15) is 11.6 Å². The van der Waals surface area contributed by atoms with E-state index >= 15 is 0 Å². The first-order valence-electron chi connectivity index (χ1n) is 7.09. The first-order valence-corrected chi connectivity index (χ1v) is 7.62. The molecule has 0 fully saturated rings. The first-order chi connectivity index (χ1) is 10.3. The molecule has 2 aromatic carbocycles. The van der Waals surface area contributed by atoms with Crippen LogP contribution in [-0.4, -0.2) is 22.0 Å². The molecule has 21 heavy (non-hydrogen) atoms. The second-order valence-corrected chi connectivity index (χ2v) is 5.10. The Morgan fingerprint density at radius 2 is 2.00 bits per heavy atom. The third-order valence-electron chi connectivity index (χ3n) is 3.34. The average Bonchev–Trinajstić information content (AvgIpc) is 2.86. The van der Waals surface area contributed by atoms with Gasteiger partial charge in [0, 0.05) is 18.4 Å². The van der Waals surface area contributed by atoms with Crippen molar-refractivity contribution in [2.75, 3.05) is 12.5 Å². The molecule has 0 bridgehead atoms. The highest BCUT2D eigenvalue weighted by atomic mass is 35.5. The number of fused-ring (bicyclic) bond motifs is 1. The number of ether oxygens (including phenoxy) is 1. The summed E-state index contributed by atoms with van der Waals surface area (Å²) < 4.78 is 7.75. The lowest BCUT2D eigenvalue weighted by Crippen LogP contribution is -2.02. The molecule has 3 rings (SSSR count). The molecule has 108 valence electrons. The van der Waals surface area contributed by atoms with E-state index < -0.39 is 0 Å². The third-order valence-corrected chi connectivity index (χ3v) is 3.52. The predicted molar refractivity (Wildman–Crippen MR) is 86.7 cm³/mol. The van der Waals surface area contributed by atoms with Crippen LogP contribution in [0.25, 0.3) is 16.7 Å². The fraction of sp³-hybridized carbons (Fsp3) is 0.235. The van der Waals surface area contributed by atoms with Crippen molar-refractivity contribution in [2.24, 2.45) is 0 Å². The van der Waals surface area contributed by atoms with E-state index in [9.17, 15) is 0 Å². The van der Waals surface area contributed by atoms with Crippen molar-refractivity contribution in [3.8, 4) is 11.4 Å². The Morgan fingerprint density at radius 1 is 1.14 bits per heavy atom. The number of alkyl halides is 1. The zero-order valence-corrected chi connectivity index (χ0v) is 12.7. The number of rotatable bonds is 5. The molecule has 0 amide bonds. The second-order valence-electron chi connectivity index (χ2n) is 4.72. The van der Waals surface area contributed by atoms with E-state index in [1.165, 1.54) is 0 Å². The highest BCUT2D eigenvalue weighted by Gasteiger charge is 2.12. The average molecular weight is 301 g/mol. The fourth-order valence-corrected chi connectivity index (χ4v) is 2.66. The Morgan fingerprint density at radius 3 is 2.81 bits per heavy atom. The molecule has 0 radical (unpaired) electrons. The molecule has 1 aromatic heterocycles. The molecule has 3 nitrogen and oxygen atoms in total. The van der Waals surface area contributed by atoms with Crippen molar-refractivity contribution in [1.82, 2.24) is 9.55 Å². The normalized spacial score (nSPS) is 11.0. The van der Waals surface area contributed by atoms with Crippen LogP contribution >= 0.6 is 11.6 Å². The van der Waals surface area contributed by atoms with Gasteiger partial charge in [0.2, 0.25) is 0 Å². The topological polar surface area (TPSA) is 27.1 Å². The minimum atomic E-state index is 0.550. The first kappa shape index (κ1) is 14.0. The molecule has 0 unspecified atom stereocenters. The fourth-order valence-electron chi connectivity index (χ4n) is 2.50. The zero-order valence-electron chi connectivity index (χ0n) is 11.9. The molecule has 3 aromatic rings. The van der Waals surface area contributed by atoms with Crippen molar-refractivity contribution >= 4 is 22.6 Å². The van der Waals surface area contributed by atoms with Crippen LogP contribution in [0.4, 0.5) is 0 Å². The smallest absolute Gasteiger partial charge is 0.121 e. The van der Waals surface area contributed by atoms with Gasteiger partial charge in [-0.15, -0.1) is 11.6 Å². The van der Waals surface area contributed by atoms with Gasteiger partial charge in [0.25, 0.3) is 0 Å². The predicted octanol–water partition coefficient (Wildman–Crippen LogP) is 4.21. The number of halogens is 1. The highest BCUT2D eigenvalue weighted by Crippen LogP contribution is 2.24. The molecule has 0 spiro atoms. The van der Waals surface area contributed by atoms with Crippen molar-refractivity contribution in [1.29, 1.82) is 0 Å². The number of hydrogen-bond donors (Lipinski definition) is 0. The van der Waals surface area contributed by atoms with E-state index in [-0.39, 0.29) is 0 Å². The quantitative estimate of drug-likeness (QED) is 0.660. The molecular weight excluding hydrogens is 284 g/mol. The van der Waals surface area contributed by atoms with Crippen LogP contribution in [0.15, 0.2) is 48.5 Å². The molecule has 0 aliphatic heterocycles. The Bertz CT molecular complexity index is 751. The van der Waals surface area contributed by atoms with Crippen LogP contribution in [-0.2, 0) is 6.42 Å². The van der Waals surface area contributed by atoms with Gasteiger partial charge in [-0.3, -0.25) is 4.57 Å². The van der Waals surface area contributed by atoms with Crippen LogP contribution in [0, 0.1) is 0 Å². The van der Waals surface area contributed by atoms with Crippen LogP contribution < -0.4 is 4.74 Å². The lowest BCUT2D eigenvalue weighted by atomic mass is 10.2. The number of nitrogens with zero attached hydrogens (tertiary/aromatic N) is 2. The largest absolute Gasteiger partial charge is 0.494 e. The highest BCUT2D eigenvalue weighted by molar-refractivity contribution is 6.17. The van der Waals surface area contributed by atoms with Crippen LogP contribution in [0.3, 0.4) is 0 Å². The van der Waals surface area contributed by atoms with Gasteiger partial charge in [-0.2, -0.15) is 0 Å². The van der Waals surface area contributed by atoms with Gasteiger partial charge >= 0.3 is 0 Å². The molecule has 0 N–H and O–H groups in total. The molecular formula is C17H17ClN2O. The maximum absolute atomic E-state index is 5.93. The number of para-hydroxylation sites is 2. The Hall–Kier alpha value is -2.00. The summed E-state index contributed by atoms with van der Waals surface area (Å²) in [5, 5.41) is 0. The number of hydrogen-bond acceptors (Lipinski definition) is 2. The maximum atomic E-state index is 5.93. The Labute approximate surface area is 129 Å². The van der Waals surface area contributed by atoms with Gasteiger partial charge in [0.15, 0.2) is 0 Å². The maximum Gasteiger partial charge on any atom is 0.121 e. The molecule has 0 aliphatic rings. The van der Waals surface area contributed by atoms with Crippen molar-refractivity contribution < 1.29 is 4.74 Å². The van der Waals surface area contributed by atoms with Gasteiger partial charge in [-0.05, 0) is 31.2 Å². The second kappa shape index (κ2) is 6.19. The zero-order chi connectivity index (χ0) is 14.7. The molecule has 0 saturated carbocycles. The summed E-state index contributed by atoms with van der Waals surface area (Å²) in [7, 11) is 0. The standard InChI is InChI=1S/C17H17ClN2O/c1-2-21-14-7-5-6-13(12-14)20-16-9-4-3-8-15(16)19-17(20)10-11-18/h3-9,12H,2,10-11H2,1H3. The van der Waals surface area contributed by atoms with Crippen molar-refractivity contribution in [2.45, 2.75) is 13.3 Å². The summed E-state index contributed by atoms with van der Waals surface area (Å²) in [6.07, 6.45) is 0.731. The van der Waals surface area contributed by atoms with E-state index in [1.807, 2.05) is 43.3 Å². The minimum absolute atomic E-state index is 0.550. The summed E-state index contributed by atoms with van der Waals surface area (Å²) in [6.45, 7) is 2.64. The van der Waals surface area contributed by atoms with E-state index in [1.54, 1.807) is 0 Å². The Kier molecular flexibility index (Phi) is 4.11. The van der Waals surface area contributed by atoms with E-state index in [2.05, 4.69) is 16.7 Å². The number of imidazole rings is 1. The summed E-state index contributed by atoms with van der Waals surface area (Å²) in [6, 6.07) is 16.2. The monoisotopic (exact) mass is 300 g/mol. The third kappa shape index (κ3) is 2.74. The number of aryl methyl sites for hydroxylation is 1. The molecule has 0 aliphatic carbocycles. The summed E-state index contributed by atoms with van der Waals surface area (Å²) >= 11 is 5.93. The minimum Gasteiger partial charge on any atom is -0.494 e. The molecule has 0 saturated heterocycles. The molecule has 4 heteroatoms. The van der Waals surface area contributed by atoms with Crippen molar-refractivity contribution in [3.05, 3.63) is 54.4 Å². The molecule has 0 atom stereocenters. The van der Waals surface area contributed by atoms with E-state index in [0.717, 1.165) is 34.7 Å². The summed E-state index contributed by atoms with van der Waals surface area (Å²) in [4.78, 5) is 4.69. The lowest BCUT2D eigenvalue weighted by molar-refractivity contribution is 0.340. The summed E-state index contributed by atoms with van der Waals surface area (Å²) in [5.74, 6) is 2.39. The van der Waals surface area contributed by atoms with Gasteiger partial charge in [-0.1, -0.05) is 18.2 Å². The number of benzene rings is 2. The van der Waals surface area contributed by atoms with E-state index in [0.29, 0.717) is 12.5 Å². The van der Waals surface area contributed by atoms with Crippen LogP contribution in [0.1, 0.15) is 12.7 Å². The Balaban J connectivity index is 2.17. The summed E-state index contributed by atoms with van der Waals surface area (Å²) in [5.41, 5.74) is 3.13. The van der Waals surface area contributed by atoms with E-state index in [4.69, 9.17) is 21.3 Å². The SMILES string of the molecule is CCOc1cccc(-n2c(CCCl)nc3ccccc32)c1. The van der Waals surface area contributed by atoms with Crippen molar-refractivity contribution in [3.63, 3.8) is 0 Å². The van der Waals surface area contributed by atoms with Crippen LogP contribution in [0.5, 0.6) is 5.75 Å². The lowest BCUT2D eigenvalue weighted by Gasteiger charge is -2.10. The van der Waals surface area contributed by atoms with Gasteiger partial charge in [-0.25, -0.2) is 4.98 Å².